The van der Waals surface area contributed by atoms with Gasteiger partial charge < -0.3 is 20.3 Å². The molecular formula is C27H33N3O3S. The Bertz CT molecular complexity index is 1060. The third-order valence-electron chi connectivity index (χ3n) is 5.91. The van der Waals surface area contributed by atoms with Gasteiger partial charge in [0.1, 0.15) is 0 Å². The molecule has 0 radical (unpaired) electrons. The molecule has 1 heterocycles. The number of carbonyl (C=O) groups is 2. The molecule has 2 aromatic rings. The highest BCUT2D eigenvalue weighted by molar-refractivity contribution is 7.80. The second-order valence-electron chi connectivity index (χ2n) is 8.56. The van der Waals surface area contributed by atoms with Gasteiger partial charge in [-0.3, -0.25) is 4.79 Å². The van der Waals surface area contributed by atoms with Crippen molar-refractivity contribution in [2.24, 2.45) is 0 Å². The summed E-state index contributed by atoms with van der Waals surface area (Å²) in [5.74, 6) is -0.632. The second-order valence-corrected chi connectivity index (χ2v) is 8.95. The van der Waals surface area contributed by atoms with E-state index in [-0.39, 0.29) is 23.9 Å². The molecule has 1 aliphatic rings. The third-order valence-corrected chi connectivity index (χ3v) is 6.25. The average Bonchev–Trinajstić information content (AvgIpc) is 2.80. The van der Waals surface area contributed by atoms with Crippen LogP contribution in [0.2, 0.25) is 0 Å². The summed E-state index contributed by atoms with van der Waals surface area (Å²) in [4.78, 5) is 27.8. The van der Waals surface area contributed by atoms with Crippen LogP contribution in [0, 0.1) is 0 Å². The molecule has 0 aliphatic carbocycles. The number of amides is 1. The van der Waals surface area contributed by atoms with Crippen molar-refractivity contribution in [1.29, 1.82) is 0 Å². The Morgan fingerprint density at radius 3 is 2.29 bits per heavy atom. The number of nitrogens with zero attached hydrogens (tertiary/aromatic N) is 1. The maximum absolute atomic E-state index is 13.0. The van der Waals surface area contributed by atoms with Crippen molar-refractivity contribution in [2.45, 2.75) is 59.1 Å². The van der Waals surface area contributed by atoms with Crippen LogP contribution in [-0.2, 0) is 14.3 Å². The van der Waals surface area contributed by atoms with Gasteiger partial charge in [0.15, 0.2) is 5.11 Å². The topological polar surface area (TPSA) is 70.7 Å². The summed E-state index contributed by atoms with van der Waals surface area (Å²) in [6, 6.07) is 16.8. The summed E-state index contributed by atoms with van der Waals surface area (Å²) in [7, 11) is 0. The van der Waals surface area contributed by atoms with Crippen molar-refractivity contribution in [3.63, 3.8) is 0 Å². The first-order valence-electron chi connectivity index (χ1n) is 11.7. The van der Waals surface area contributed by atoms with E-state index in [1.165, 1.54) is 0 Å². The smallest absolute Gasteiger partial charge is 0.338 e. The summed E-state index contributed by atoms with van der Waals surface area (Å²) in [5, 5.41) is 6.87. The molecule has 0 unspecified atom stereocenters. The number of ether oxygens (including phenoxy) is 1. The van der Waals surface area contributed by atoms with Gasteiger partial charge in [-0.05, 0) is 69.6 Å². The molecule has 0 saturated carbocycles. The molecule has 0 fully saturated rings. The summed E-state index contributed by atoms with van der Waals surface area (Å²) < 4.78 is 5.53. The van der Waals surface area contributed by atoms with E-state index >= 15 is 0 Å². The number of nitrogens with one attached hydrogen (secondary N) is 2. The molecule has 6 nitrogen and oxygen atoms in total. The van der Waals surface area contributed by atoms with Crippen molar-refractivity contribution in [3.8, 4) is 0 Å². The lowest BCUT2D eigenvalue weighted by Gasteiger charge is -2.37. The van der Waals surface area contributed by atoms with Crippen LogP contribution < -0.4 is 10.6 Å². The SMILES string of the molecule is CC[C@@H](C(=O)Nc1ccc([C@@H]2NC(=S)N(CC)C(C)=C2C(=O)OC(C)C)cc1)c1ccccc1. The van der Waals surface area contributed by atoms with E-state index in [0.717, 1.165) is 16.8 Å². The maximum Gasteiger partial charge on any atom is 0.338 e. The Morgan fingerprint density at radius 2 is 1.74 bits per heavy atom. The van der Waals surface area contributed by atoms with Crippen LogP contribution in [0.5, 0.6) is 0 Å². The predicted octanol–water partition coefficient (Wildman–Crippen LogP) is 5.30. The Kier molecular flexibility index (Phi) is 8.45. The molecule has 180 valence electrons. The van der Waals surface area contributed by atoms with Gasteiger partial charge >= 0.3 is 5.97 Å². The molecule has 0 saturated heterocycles. The molecule has 0 bridgehead atoms. The lowest BCUT2D eigenvalue weighted by atomic mass is 9.94. The monoisotopic (exact) mass is 479 g/mol. The Balaban J connectivity index is 1.84. The minimum Gasteiger partial charge on any atom is -0.459 e. The molecule has 0 aromatic heterocycles. The fourth-order valence-corrected chi connectivity index (χ4v) is 4.58. The van der Waals surface area contributed by atoms with Gasteiger partial charge in [-0.2, -0.15) is 0 Å². The number of anilines is 1. The molecule has 2 aromatic carbocycles. The zero-order valence-electron chi connectivity index (χ0n) is 20.4. The van der Waals surface area contributed by atoms with Gasteiger partial charge in [-0.1, -0.05) is 49.4 Å². The fourth-order valence-electron chi connectivity index (χ4n) is 4.20. The van der Waals surface area contributed by atoms with E-state index in [2.05, 4.69) is 10.6 Å². The first kappa shape index (κ1) is 25.4. The molecule has 34 heavy (non-hydrogen) atoms. The summed E-state index contributed by atoms with van der Waals surface area (Å²) in [5.41, 5.74) is 3.88. The zero-order chi connectivity index (χ0) is 24.8. The van der Waals surface area contributed by atoms with Gasteiger partial charge in [0.2, 0.25) is 5.91 Å². The van der Waals surface area contributed by atoms with E-state index < -0.39 is 6.04 Å². The Hall–Kier alpha value is -3.19. The van der Waals surface area contributed by atoms with Crippen LogP contribution in [0.4, 0.5) is 5.69 Å². The first-order chi connectivity index (χ1) is 16.3. The summed E-state index contributed by atoms with van der Waals surface area (Å²) in [6.07, 6.45) is 0.475. The van der Waals surface area contributed by atoms with Crippen molar-refractivity contribution in [1.82, 2.24) is 10.2 Å². The molecule has 2 N–H and O–H groups in total. The molecule has 0 spiro atoms. The minimum absolute atomic E-state index is 0.0473. The van der Waals surface area contributed by atoms with Crippen LogP contribution >= 0.6 is 12.2 Å². The van der Waals surface area contributed by atoms with Gasteiger partial charge in [0.05, 0.1) is 23.6 Å². The third kappa shape index (κ3) is 5.65. The number of thiocarbonyl (C=S) groups is 1. The number of esters is 1. The standard InChI is InChI=1S/C27H33N3O3S/c1-6-22(19-11-9-8-10-12-19)25(31)28-21-15-13-20(14-16-21)24-23(26(32)33-17(3)4)18(5)30(7-2)27(34)29-24/h8-17,22,24H,6-7H2,1-5H3,(H,28,31)(H,29,34)/t22-,24+/m1/s1. The molecule has 7 heteroatoms. The van der Waals surface area contributed by atoms with Crippen LogP contribution in [-0.4, -0.2) is 34.5 Å². The highest BCUT2D eigenvalue weighted by Crippen LogP contribution is 2.32. The first-order valence-corrected chi connectivity index (χ1v) is 12.1. The van der Waals surface area contributed by atoms with Crippen LogP contribution in [0.15, 0.2) is 65.9 Å². The number of carbonyl (C=O) groups excluding carboxylic acids is 2. The van der Waals surface area contributed by atoms with Crippen molar-refractivity contribution < 1.29 is 14.3 Å². The normalized spacial score (nSPS) is 16.8. The molecule has 1 aliphatic heterocycles. The highest BCUT2D eigenvalue weighted by atomic mass is 32.1. The van der Waals surface area contributed by atoms with Crippen LogP contribution in [0.1, 0.15) is 64.1 Å². The number of allylic oxidation sites excluding steroid dienone is 1. The van der Waals surface area contributed by atoms with Gasteiger partial charge in [0.25, 0.3) is 0 Å². The lowest BCUT2D eigenvalue weighted by Crippen LogP contribution is -2.47. The van der Waals surface area contributed by atoms with Crippen LogP contribution in [0.3, 0.4) is 0 Å². The number of hydrogen-bond acceptors (Lipinski definition) is 4. The number of benzene rings is 2. The van der Waals surface area contributed by atoms with Gasteiger partial charge in [-0.15, -0.1) is 0 Å². The van der Waals surface area contributed by atoms with E-state index in [0.29, 0.717) is 29.3 Å². The van der Waals surface area contributed by atoms with Crippen molar-refractivity contribution >= 4 is 34.9 Å². The molecule has 1 amide bonds. The molecular weight excluding hydrogens is 446 g/mol. The Morgan fingerprint density at radius 1 is 1.09 bits per heavy atom. The van der Waals surface area contributed by atoms with Gasteiger partial charge in [-0.25, -0.2) is 4.79 Å². The summed E-state index contributed by atoms with van der Waals surface area (Å²) >= 11 is 5.55. The molecule has 2 atom stereocenters. The average molecular weight is 480 g/mol. The van der Waals surface area contributed by atoms with Crippen LogP contribution in [0.25, 0.3) is 0 Å². The largest absolute Gasteiger partial charge is 0.459 e. The lowest BCUT2D eigenvalue weighted by molar-refractivity contribution is -0.143. The van der Waals surface area contributed by atoms with E-state index in [1.54, 1.807) is 0 Å². The molecule has 3 rings (SSSR count). The maximum atomic E-state index is 13.0. The summed E-state index contributed by atoms with van der Waals surface area (Å²) in [6.45, 7) is 10.2. The highest BCUT2D eigenvalue weighted by Gasteiger charge is 2.34. The van der Waals surface area contributed by atoms with Crippen molar-refractivity contribution in [3.05, 3.63) is 77.0 Å². The number of rotatable bonds is 8. The van der Waals surface area contributed by atoms with E-state index in [4.69, 9.17) is 17.0 Å². The van der Waals surface area contributed by atoms with Crippen molar-refractivity contribution in [2.75, 3.05) is 11.9 Å². The zero-order valence-corrected chi connectivity index (χ0v) is 21.2. The number of hydrogen-bond donors (Lipinski definition) is 2. The quantitative estimate of drug-likeness (QED) is 0.396. The minimum atomic E-state index is -0.431. The van der Waals surface area contributed by atoms with Gasteiger partial charge in [0, 0.05) is 17.9 Å². The Labute approximate surface area is 207 Å². The predicted molar refractivity (Wildman–Crippen MR) is 139 cm³/mol. The fraction of sp³-hybridized carbons (Fsp3) is 0.370. The van der Waals surface area contributed by atoms with E-state index in [9.17, 15) is 9.59 Å². The van der Waals surface area contributed by atoms with E-state index in [1.807, 2.05) is 94.1 Å². The second kappa shape index (κ2) is 11.3.